The van der Waals surface area contributed by atoms with E-state index in [0.29, 0.717) is 19.5 Å². The second-order valence-corrected chi connectivity index (χ2v) is 5.73. The van der Waals surface area contributed by atoms with E-state index >= 15 is 0 Å². The monoisotopic (exact) mass is 245 g/mol. The van der Waals surface area contributed by atoms with Gasteiger partial charge in [-0.3, -0.25) is 0 Å². The van der Waals surface area contributed by atoms with Crippen LogP contribution in [-0.2, 0) is 16.6 Å². The molecular weight excluding hydrogens is 230 g/mol. The molecule has 1 fully saturated rings. The number of imidazole rings is 1. The molecule has 0 amide bonds. The van der Waals surface area contributed by atoms with Crippen molar-refractivity contribution in [2.24, 2.45) is 0 Å². The minimum absolute atomic E-state index is 0.0588. The number of aryl methyl sites for hydroxylation is 1. The third-order valence-corrected chi connectivity index (χ3v) is 4.46. The van der Waals surface area contributed by atoms with E-state index in [4.69, 9.17) is 0 Å². The van der Waals surface area contributed by atoms with Crippen molar-refractivity contribution in [3.63, 3.8) is 0 Å². The van der Waals surface area contributed by atoms with Crippen LogP contribution < -0.4 is 0 Å². The number of β-amino-alcohol motifs (C(OH)–C–C–N with tert-alkyl or cyclic N) is 1. The van der Waals surface area contributed by atoms with Gasteiger partial charge in [-0.05, 0) is 13.3 Å². The maximum atomic E-state index is 12.0. The van der Waals surface area contributed by atoms with Gasteiger partial charge in [0.1, 0.15) is 0 Å². The zero-order valence-corrected chi connectivity index (χ0v) is 9.89. The van der Waals surface area contributed by atoms with Gasteiger partial charge in [-0.2, -0.15) is 4.31 Å². The van der Waals surface area contributed by atoms with Crippen molar-refractivity contribution in [1.29, 1.82) is 0 Å². The molecule has 1 aliphatic rings. The quantitative estimate of drug-likeness (QED) is 0.790. The van der Waals surface area contributed by atoms with Gasteiger partial charge in [0.25, 0.3) is 10.0 Å². The number of rotatable bonds is 3. The summed E-state index contributed by atoms with van der Waals surface area (Å²) in [5.74, 6) is 0. The fourth-order valence-electron chi connectivity index (χ4n) is 1.71. The van der Waals surface area contributed by atoms with E-state index in [-0.39, 0.29) is 11.6 Å². The lowest BCUT2D eigenvalue weighted by atomic mass is 10.3. The molecule has 2 rings (SSSR count). The summed E-state index contributed by atoms with van der Waals surface area (Å²) in [5, 5.41) is 9.39. The fourth-order valence-corrected chi connectivity index (χ4v) is 3.13. The van der Waals surface area contributed by atoms with E-state index in [1.54, 1.807) is 4.57 Å². The Balaban J connectivity index is 2.25. The second-order valence-electron chi connectivity index (χ2n) is 3.85. The first-order chi connectivity index (χ1) is 7.54. The molecule has 1 saturated heterocycles. The average molecular weight is 245 g/mol. The zero-order valence-electron chi connectivity index (χ0n) is 9.07. The summed E-state index contributed by atoms with van der Waals surface area (Å²) in [6.45, 7) is 3.13. The van der Waals surface area contributed by atoms with Crippen LogP contribution in [0.4, 0.5) is 0 Å². The van der Waals surface area contributed by atoms with Crippen LogP contribution in [0.2, 0.25) is 0 Å². The predicted molar refractivity (Wildman–Crippen MR) is 57.3 cm³/mol. The van der Waals surface area contributed by atoms with Crippen molar-refractivity contribution >= 4 is 10.0 Å². The number of aliphatic hydroxyl groups excluding tert-OH is 1. The number of hydrogen-bond acceptors (Lipinski definition) is 4. The van der Waals surface area contributed by atoms with Crippen molar-refractivity contribution < 1.29 is 13.5 Å². The van der Waals surface area contributed by atoms with Crippen molar-refractivity contribution in [1.82, 2.24) is 13.9 Å². The van der Waals surface area contributed by atoms with Crippen LogP contribution in [0.5, 0.6) is 0 Å². The number of aliphatic hydroxyl groups is 1. The van der Waals surface area contributed by atoms with Gasteiger partial charge >= 0.3 is 0 Å². The molecule has 0 spiro atoms. The van der Waals surface area contributed by atoms with E-state index in [9.17, 15) is 13.5 Å². The molecule has 1 aromatic heterocycles. The van der Waals surface area contributed by atoms with Crippen molar-refractivity contribution in [3.8, 4) is 0 Å². The topological polar surface area (TPSA) is 75.4 Å². The minimum atomic E-state index is -3.52. The molecule has 7 heteroatoms. The molecule has 90 valence electrons. The van der Waals surface area contributed by atoms with Crippen LogP contribution in [0.25, 0.3) is 0 Å². The molecule has 6 nitrogen and oxygen atoms in total. The van der Waals surface area contributed by atoms with Crippen molar-refractivity contribution in [3.05, 3.63) is 12.5 Å². The zero-order chi connectivity index (χ0) is 11.8. The molecular formula is C9H15N3O3S. The third-order valence-electron chi connectivity index (χ3n) is 2.71. The van der Waals surface area contributed by atoms with Gasteiger partial charge in [-0.25, -0.2) is 13.4 Å². The van der Waals surface area contributed by atoms with Gasteiger partial charge < -0.3 is 9.67 Å². The molecule has 1 N–H and O–H groups in total. The maximum absolute atomic E-state index is 12.0. The third kappa shape index (κ3) is 1.98. The number of hydrogen-bond donors (Lipinski definition) is 1. The Kier molecular flexibility index (Phi) is 3.00. The highest BCUT2D eigenvalue weighted by atomic mass is 32.2. The first-order valence-corrected chi connectivity index (χ1v) is 6.68. The molecule has 0 aliphatic carbocycles. The standard InChI is InChI=1S/C9H15N3O3S/c1-2-11-6-9(10-7-11)16(14,15)12-4-3-8(13)5-12/h6-8,13H,2-5H2,1H3/t8-/m1/s1. The number of sulfonamides is 1. The Morgan fingerprint density at radius 1 is 1.62 bits per heavy atom. The number of aromatic nitrogens is 2. The lowest BCUT2D eigenvalue weighted by molar-refractivity contribution is 0.189. The normalized spacial score (nSPS) is 22.8. The summed E-state index contributed by atoms with van der Waals surface area (Å²) in [6.07, 6.45) is 2.95. The Morgan fingerprint density at radius 3 is 2.88 bits per heavy atom. The maximum Gasteiger partial charge on any atom is 0.262 e. The van der Waals surface area contributed by atoms with E-state index in [1.807, 2.05) is 6.92 Å². The van der Waals surface area contributed by atoms with Crippen LogP contribution in [-0.4, -0.2) is 46.6 Å². The Morgan fingerprint density at radius 2 is 2.38 bits per heavy atom. The second kappa shape index (κ2) is 4.15. The molecule has 16 heavy (non-hydrogen) atoms. The smallest absolute Gasteiger partial charge is 0.262 e. The van der Waals surface area contributed by atoms with Crippen LogP contribution >= 0.6 is 0 Å². The first kappa shape index (κ1) is 11.6. The van der Waals surface area contributed by atoms with Crippen LogP contribution in [0, 0.1) is 0 Å². The Bertz CT molecular complexity index is 468. The molecule has 1 aliphatic heterocycles. The summed E-state index contributed by atoms with van der Waals surface area (Å²) in [6, 6.07) is 0. The van der Waals surface area contributed by atoms with E-state index in [0.717, 1.165) is 0 Å². The molecule has 0 aromatic carbocycles. The van der Waals surface area contributed by atoms with Gasteiger partial charge in [0, 0.05) is 25.8 Å². The van der Waals surface area contributed by atoms with Gasteiger partial charge in [0.2, 0.25) is 0 Å². The summed E-state index contributed by atoms with van der Waals surface area (Å²) < 4.78 is 27.1. The highest BCUT2D eigenvalue weighted by Gasteiger charge is 2.32. The van der Waals surface area contributed by atoms with Crippen LogP contribution in [0.15, 0.2) is 17.6 Å². The van der Waals surface area contributed by atoms with E-state index in [1.165, 1.54) is 16.8 Å². The SMILES string of the molecule is CCn1cnc(S(=O)(=O)N2CC[C@@H](O)C2)c1. The molecule has 2 heterocycles. The van der Waals surface area contributed by atoms with Gasteiger partial charge in [-0.15, -0.1) is 0 Å². The molecule has 0 unspecified atom stereocenters. The average Bonchev–Trinajstić information content (AvgIpc) is 2.85. The lowest BCUT2D eigenvalue weighted by Gasteiger charge is -2.13. The minimum Gasteiger partial charge on any atom is -0.392 e. The van der Waals surface area contributed by atoms with Gasteiger partial charge in [0.05, 0.1) is 12.4 Å². The Labute approximate surface area is 94.6 Å². The predicted octanol–water partition coefficient (Wildman–Crippen LogP) is -0.342. The fraction of sp³-hybridized carbons (Fsp3) is 0.667. The van der Waals surface area contributed by atoms with Crippen LogP contribution in [0.1, 0.15) is 13.3 Å². The Hall–Kier alpha value is -0.920. The number of nitrogens with zero attached hydrogens (tertiary/aromatic N) is 3. The first-order valence-electron chi connectivity index (χ1n) is 5.24. The molecule has 1 atom stereocenters. The molecule has 0 bridgehead atoms. The lowest BCUT2D eigenvalue weighted by Crippen LogP contribution is -2.29. The molecule has 0 radical (unpaired) electrons. The summed E-state index contributed by atoms with van der Waals surface area (Å²) in [7, 11) is -3.52. The van der Waals surface area contributed by atoms with Crippen molar-refractivity contribution in [2.75, 3.05) is 13.1 Å². The van der Waals surface area contributed by atoms with E-state index < -0.39 is 16.1 Å². The van der Waals surface area contributed by atoms with Gasteiger partial charge in [0.15, 0.2) is 5.03 Å². The highest BCUT2D eigenvalue weighted by Crippen LogP contribution is 2.19. The summed E-state index contributed by atoms with van der Waals surface area (Å²) >= 11 is 0. The highest BCUT2D eigenvalue weighted by molar-refractivity contribution is 7.89. The van der Waals surface area contributed by atoms with E-state index in [2.05, 4.69) is 4.98 Å². The van der Waals surface area contributed by atoms with Crippen molar-refractivity contribution in [2.45, 2.75) is 31.0 Å². The van der Waals surface area contributed by atoms with Gasteiger partial charge in [-0.1, -0.05) is 0 Å². The van der Waals surface area contributed by atoms with Crippen LogP contribution in [0.3, 0.4) is 0 Å². The summed E-state index contributed by atoms with van der Waals surface area (Å²) in [4.78, 5) is 3.88. The molecule has 0 saturated carbocycles. The molecule has 1 aromatic rings. The summed E-state index contributed by atoms with van der Waals surface area (Å²) in [5.41, 5.74) is 0. The largest absolute Gasteiger partial charge is 0.392 e.